The molecule has 2 rings (SSSR count). The van der Waals surface area contributed by atoms with Crippen LogP contribution in [-0.4, -0.2) is 64.6 Å². The van der Waals surface area contributed by atoms with Crippen molar-refractivity contribution in [3.05, 3.63) is 22.7 Å². The molecule has 118 valence electrons. The predicted octanol–water partition coefficient (Wildman–Crippen LogP) is 0.723. The molecule has 6 nitrogen and oxygen atoms in total. The van der Waals surface area contributed by atoms with Crippen molar-refractivity contribution in [2.24, 2.45) is 5.14 Å². The Labute approximate surface area is 134 Å². The summed E-state index contributed by atoms with van der Waals surface area (Å²) in [5.41, 5.74) is 0. The molecular weight excluding hydrogens is 358 g/mol. The lowest BCUT2D eigenvalue weighted by Crippen LogP contribution is -2.45. The molecule has 21 heavy (non-hydrogen) atoms. The molecule has 1 fully saturated rings. The number of hydrogen-bond acceptors (Lipinski definition) is 5. The van der Waals surface area contributed by atoms with Gasteiger partial charge in [-0.2, -0.15) is 0 Å². The molecule has 1 aliphatic heterocycles. The van der Waals surface area contributed by atoms with E-state index >= 15 is 0 Å². The third-order valence-electron chi connectivity index (χ3n) is 3.49. The van der Waals surface area contributed by atoms with E-state index in [1.807, 2.05) is 0 Å². The second-order valence-corrected chi connectivity index (χ2v) is 7.55. The summed E-state index contributed by atoms with van der Waals surface area (Å²) < 4.78 is 28.8. The van der Waals surface area contributed by atoms with Gasteiger partial charge in [0.15, 0.2) is 0 Å². The van der Waals surface area contributed by atoms with Gasteiger partial charge in [0.05, 0.1) is 9.37 Å². The lowest BCUT2D eigenvalue weighted by Gasteiger charge is -2.32. The molecule has 1 heterocycles. The van der Waals surface area contributed by atoms with Gasteiger partial charge in [-0.3, -0.25) is 4.90 Å². The molecule has 0 bridgehead atoms. The third-order valence-corrected chi connectivity index (χ3v) is 5.02. The second kappa shape index (κ2) is 7.06. The van der Waals surface area contributed by atoms with E-state index in [0.717, 1.165) is 32.7 Å². The van der Waals surface area contributed by atoms with Crippen molar-refractivity contribution in [1.29, 1.82) is 0 Å². The van der Waals surface area contributed by atoms with Crippen LogP contribution >= 0.6 is 15.9 Å². The summed E-state index contributed by atoms with van der Waals surface area (Å²) in [6.45, 7) is 5.67. The Morgan fingerprint density at radius 2 is 1.95 bits per heavy atom. The van der Waals surface area contributed by atoms with Crippen LogP contribution in [0, 0.1) is 0 Å². The van der Waals surface area contributed by atoms with Crippen molar-refractivity contribution in [2.75, 3.05) is 46.4 Å². The standard InChI is InChI=1S/C13H20BrN3O3S/c1-16-4-6-17(7-5-16)8-9-20-13-3-2-11(10-12(13)14)21(15,18)19/h2-3,10H,4-9H2,1H3,(H2,15,18,19). The van der Waals surface area contributed by atoms with Crippen molar-refractivity contribution >= 4 is 26.0 Å². The summed E-state index contributed by atoms with van der Waals surface area (Å²) in [6, 6.07) is 4.53. The molecule has 1 saturated heterocycles. The zero-order chi connectivity index (χ0) is 15.5. The van der Waals surface area contributed by atoms with E-state index in [4.69, 9.17) is 9.88 Å². The van der Waals surface area contributed by atoms with E-state index in [1.54, 1.807) is 6.07 Å². The number of halogens is 1. The van der Waals surface area contributed by atoms with Gasteiger partial charge in [0.25, 0.3) is 0 Å². The van der Waals surface area contributed by atoms with Crippen molar-refractivity contribution < 1.29 is 13.2 Å². The first kappa shape index (κ1) is 16.7. The molecule has 0 atom stereocenters. The van der Waals surface area contributed by atoms with Gasteiger partial charge >= 0.3 is 0 Å². The number of primary sulfonamides is 1. The molecule has 8 heteroatoms. The lowest BCUT2D eigenvalue weighted by atomic mass is 10.3. The molecule has 0 radical (unpaired) electrons. The molecular formula is C13H20BrN3O3S. The van der Waals surface area contributed by atoms with Crippen LogP contribution in [0.25, 0.3) is 0 Å². The fourth-order valence-electron chi connectivity index (χ4n) is 2.13. The fourth-order valence-corrected chi connectivity index (χ4v) is 3.32. The van der Waals surface area contributed by atoms with Crippen LogP contribution in [0.5, 0.6) is 5.75 Å². The summed E-state index contributed by atoms with van der Waals surface area (Å²) in [7, 11) is -1.56. The first-order chi connectivity index (χ1) is 9.86. The summed E-state index contributed by atoms with van der Waals surface area (Å²) in [4.78, 5) is 4.73. The molecule has 0 spiro atoms. The molecule has 0 unspecified atom stereocenters. The number of ether oxygens (including phenoxy) is 1. The molecule has 1 aromatic rings. The van der Waals surface area contributed by atoms with Gasteiger partial charge in [0.2, 0.25) is 10.0 Å². The minimum atomic E-state index is -3.68. The number of sulfonamides is 1. The summed E-state index contributed by atoms with van der Waals surface area (Å²) in [5, 5.41) is 5.08. The Morgan fingerprint density at radius 3 is 2.52 bits per heavy atom. The maximum atomic E-state index is 11.2. The Kier molecular flexibility index (Phi) is 5.61. The smallest absolute Gasteiger partial charge is 0.238 e. The number of nitrogens with zero attached hydrogens (tertiary/aromatic N) is 2. The van der Waals surface area contributed by atoms with Crippen molar-refractivity contribution in [3.8, 4) is 5.75 Å². The number of hydrogen-bond donors (Lipinski definition) is 1. The normalized spacial score (nSPS) is 17.9. The van der Waals surface area contributed by atoms with Gasteiger partial charge in [-0.05, 0) is 41.2 Å². The number of nitrogens with two attached hydrogens (primary N) is 1. The molecule has 0 amide bonds. The van der Waals surface area contributed by atoms with Crippen LogP contribution in [0.1, 0.15) is 0 Å². The van der Waals surface area contributed by atoms with E-state index < -0.39 is 10.0 Å². The molecule has 1 aromatic carbocycles. The number of piperazine rings is 1. The molecule has 1 aliphatic rings. The van der Waals surface area contributed by atoms with E-state index in [9.17, 15) is 8.42 Å². The first-order valence-electron chi connectivity index (χ1n) is 6.72. The van der Waals surface area contributed by atoms with Gasteiger partial charge in [-0.25, -0.2) is 13.6 Å². The SMILES string of the molecule is CN1CCN(CCOc2ccc(S(N)(=O)=O)cc2Br)CC1. The number of likely N-dealkylation sites (N-methyl/N-ethyl adjacent to an activating group) is 1. The highest BCUT2D eigenvalue weighted by Gasteiger charge is 2.14. The Hall–Kier alpha value is -0.670. The first-order valence-corrected chi connectivity index (χ1v) is 9.06. The number of rotatable bonds is 5. The molecule has 0 aromatic heterocycles. The summed E-state index contributed by atoms with van der Waals surface area (Å²) in [6.07, 6.45) is 0. The minimum absolute atomic E-state index is 0.0702. The average Bonchev–Trinajstić information content (AvgIpc) is 2.41. The Bertz CT molecular complexity index is 586. The van der Waals surface area contributed by atoms with Crippen LogP contribution < -0.4 is 9.88 Å². The maximum absolute atomic E-state index is 11.2. The van der Waals surface area contributed by atoms with Gasteiger partial charge < -0.3 is 9.64 Å². The highest BCUT2D eigenvalue weighted by atomic mass is 79.9. The zero-order valence-corrected chi connectivity index (χ0v) is 14.4. The van der Waals surface area contributed by atoms with Gasteiger partial charge in [-0.15, -0.1) is 0 Å². The van der Waals surface area contributed by atoms with Gasteiger partial charge in [0, 0.05) is 32.7 Å². The van der Waals surface area contributed by atoms with E-state index in [-0.39, 0.29) is 4.90 Å². The molecule has 2 N–H and O–H groups in total. The Morgan fingerprint density at radius 1 is 1.29 bits per heavy atom. The topological polar surface area (TPSA) is 75.9 Å². The zero-order valence-electron chi connectivity index (χ0n) is 12.0. The molecule has 0 aliphatic carbocycles. The highest BCUT2D eigenvalue weighted by molar-refractivity contribution is 9.10. The van der Waals surface area contributed by atoms with Crippen molar-refractivity contribution in [3.63, 3.8) is 0 Å². The van der Waals surface area contributed by atoms with Gasteiger partial charge in [0.1, 0.15) is 12.4 Å². The predicted molar refractivity (Wildman–Crippen MR) is 84.9 cm³/mol. The van der Waals surface area contributed by atoms with E-state index in [1.165, 1.54) is 12.1 Å². The maximum Gasteiger partial charge on any atom is 0.238 e. The van der Waals surface area contributed by atoms with Crippen LogP contribution in [0.2, 0.25) is 0 Å². The van der Waals surface area contributed by atoms with Crippen LogP contribution in [0.4, 0.5) is 0 Å². The largest absolute Gasteiger partial charge is 0.491 e. The minimum Gasteiger partial charge on any atom is -0.491 e. The summed E-state index contributed by atoms with van der Waals surface area (Å²) >= 11 is 3.31. The quantitative estimate of drug-likeness (QED) is 0.818. The number of benzene rings is 1. The highest BCUT2D eigenvalue weighted by Crippen LogP contribution is 2.27. The summed E-state index contributed by atoms with van der Waals surface area (Å²) in [5.74, 6) is 0.622. The Balaban J connectivity index is 1.86. The van der Waals surface area contributed by atoms with Crippen LogP contribution in [0.3, 0.4) is 0 Å². The van der Waals surface area contributed by atoms with Gasteiger partial charge in [-0.1, -0.05) is 0 Å². The molecule has 0 saturated carbocycles. The van der Waals surface area contributed by atoms with Crippen LogP contribution in [0.15, 0.2) is 27.6 Å². The van der Waals surface area contributed by atoms with Crippen LogP contribution in [-0.2, 0) is 10.0 Å². The second-order valence-electron chi connectivity index (χ2n) is 5.13. The fraction of sp³-hybridized carbons (Fsp3) is 0.538. The monoisotopic (exact) mass is 377 g/mol. The van der Waals surface area contributed by atoms with Crippen molar-refractivity contribution in [2.45, 2.75) is 4.90 Å². The van der Waals surface area contributed by atoms with Crippen molar-refractivity contribution in [1.82, 2.24) is 9.80 Å². The van der Waals surface area contributed by atoms with E-state index in [0.29, 0.717) is 16.8 Å². The average molecular weight is 378 g/mol. The third kappa shape index (κ3) is 4.93. The van der Waals surface area contributed by atoms with E-state index in [2.05, 4.69) is 32.8 Å². The lowest BCUT2D eigenvalue weighted by molar-refractivity contribution is 0.133.